The van der Waals surface area contributed by atoms with Gasteiger partial charge < -0.3 is 5.11 Å². The van der Waals surface area contributed by atoms with Crippen molar-refractivity contribution < 1.29 is 18.3 Å². The van der Waals surface area contributed by atoms with Crippen LogP contribution in [-0.4, -0.2) is 36.9 Å². The average molecular weight is 297 g/mol. The van der Waals surface area contributed by atoms with Gasteiger partial charge in [0.15, 0.2) is 0 Å². The zero-order valence-electron chi connectivity index (χ0n) is 11.6. The summed E-state index contributed by atoms with van der Waals surface area (Å²) >= 11 is 0. The van der Waals surface area contributed by atoms with Gasteiger partial charge in [-0.2, -0.15) is 4.31 Å². The number of sulfonamides is 1. The van der Waals surface area contributed by atoms with Gasteiger partial charge in [0.1, 0.15) is 0 Å². The maximum atomic E-state index is 12.5. The van der Waals surface area contributed by atoms with Gasteiger partial charge in [-0.25, -0.2) is 13.2 Å². The molecular weight excluding hydrogens is 278 g/mol. The van der Waals surface area contributed by atoms with E-state index in [2.05, 4.69) is 13.8 Å². The lowest BCUT2D eigenvalue weighted by molar-refractivity contribution is 0.0696. The van der Waals surface area contributed by atoms with E-state index in [0.717, 1.165) is 6.42 Å². The molecule has 0 spiro atoms. The highest BCUT2D eigenvalue weighted by molar-refractivity contribution is 7.89. The van der Waals surface area contributed by atoms with E-state index in [9.17, 15) is 13.2 Å². The summed E-state index contributed by atoms with van der Waals surface area (Å²) in [6, 6.07) is 5.37. The van der Waals surface area contributed by atoms with Crippen molar-refractivity contribution in [3.63, 3.8) is 0 Å². The molecule has 1 aliphatic heterocycles. The van der Waals surface area contributed by atoms with Crippen molar-refractivity contribution in [3.05, 3.63) is 29.8 Å². The standard InChI is InChI=1S/C14H19NO4S/c1-10(2)12-7-8-15(9-12)20(18,19)13-5-3-11(4-6-13)14(16)17/h3-6,10,12H,7-9H2,1-2H3,(H,16,17). The average Bonchev–Trinajstić information content (AvgIpc) is 2.89. The summed E-state index contributed by atoms with van der Waals surface area (Å²) in [5.41, 5.74) is 0.0884. The van der Waals surface area contributed by atoms with Crippen molar-refractivity contribution in [1.29, 1.82) is 0 Å². The van der Waals surface area contributed by atoms with Gasteiger partial charge in [0.25, 0.3) is 0 Å². The maximum Gasteiger partial charge on any atom is 0.335 e. The van der Waals surface area contributed by atoms with E-state index in [1.807, 2.05) is 0 Å². The molecule has 1 aliphatic rings. The summed E-state index contributed by atoms with van der Waals surface area (Å²) < 4.78 is 26.4. The lowest BCUT2D eigenvalue weighted by Gasteiger charge is -2.18. The van der Waals surface area contributed by atoms with Crippen LogP contribution in [0.5, 0.6) is 0 Å². The number of rotatable bonds is 4. The molecule has 1 unspecified atom stereocenters. The molecule has 2 rings (SSSR count). The van der Waals surface area contributed by atoms with Gasteiger partial charge in [0, 0.05) is 13.1 Å². The molecule has 0 radical (unpaired) electrons. The Morgan fingerprint density at radius 1 is 1.30 bits per heavy atom. The van der Waals surface area contributed by atoms with E-state index >= 15 is 0 Å². The van der Waals surface area contributed by atoms with Crippen LogP contribution in [-0.2, 0) is 10.0 Å². The highest BCUT2D eigenvalue weighted by atomic mass is 32.2. The van der Waals surface area contributed by atoms with Crippen LogP contribution < -0.4 is 0 Å². The van der Waals surface area contributed by atoms with Crippen molar-refractivity contribution in [2.75, 3.05) is 13.1 Å². The Balaban J connectivity index is 2.21. The first-order chi connectivity index (χ1) is 9.32. The largest absolute Gasteiger partial charge is 0.478 e. The molecule has 1 fully saturated rings. The molecule has 5 nitrogen and oxygen atoms in total. The number of nitrogens with zero attached hydrogens (tertiary/aromatic N) is 1. The number of hydrogen-bond acceptors (Lipinski definition) is 3. The molecule has 1 heterocycles. The van der Waals surface area contributed by atoms with Crippen molar-refractivity contribution in [2.24, 2.45) is 11.8 Å². The van der Waals surface area contributed by atoms with E-state index in [1.165, 1.54) is 28.6 Å². The summed E-state index contributed by atoms with van der Waals surface area (Å²) in [6.07, 6.45) is 0.879. The summed E-state index contributed by atoms with van der Waals surface area (Å²) in [5, 5.41) is 8.83. The minimum Gasteiger partial charge on any atom is -0.478 e. The van der Waals surface area contributed by atoms with Gasteiger partial charge in [-0.05, 0) is 42.5 Å². The van der Waals surface area contributed by atoms with Gasteiger partial charge in [0.2, 0.25) is 10.0 Å². The summed E-state index contributed by atoms with van der Waals surface area (Å²) in [5.74, 6) is -0.206. The third-order valence-corrected chi connectivity index (χ3v) is 5.75. The fraction of sp³-hybridized carbons (Fsp3) is 0.500. The van der Waals surface area contributed by atoms with E-state index in [-0.39, 0.29) is 10.5 Å². The van der Waals surface area contributed by atoms with Crippen molar-refractivity contribution in [2.45, 2.75) is 25.2 Å². The summed E-state index contributed by atoms with van der Waals surface area (Å²) in [6.45, 7) is 5.28. The number of carboxylic acids is 1. The van der Waals surface area contributed by atoms with E-state index in [0.29, 0.717) is 24.9 Å². The molecule has 110 valence electrons. The normalized spacial score (nSPS) is 20.4. The number of carbonyl (C=O) groups is 1. The Bertz CT molecular complexity index is 592. The number of benzene rings is 1. The van der Waals surface area contributed by atoms with E-state index in [4.69, 9.17) is 5.11 Å². The second-order valence-corrected chi connectivity index (χ2v) is 7.42. The Morgan fingerprint density at radius 3 is 2.35 bits per heavy atom. The van der Waals surface area contributed by atoms with Crippen molar-refractivity contribution in [3.8, 4) is 0 Å². The highest BCUT2D eigenvalue weighted by Gasteiger charge is 2.33. The zero-order valence-corrected chi connectivity index (χ0v) is 12.4. The van der Waals surface area contributed by atoms with Crippen molar-refractivity contribution in [1.82, 2.24) is 4.31 Å². The minimum absolute atomic E-state index is 0.0884. The predicted molar refractivity (Wildman–Crippen MR) is 75.1 cm³/mol. The summed E-state index contributed by atoms with van der Waals surface area (Å²) in [4.78, 5) is 10.9. The first-order valence-electron chi connectivity index (χ1n) is 6.66. The monoisotopic (exact) mass is 297 g/mol. The third-order valence-electron chi connectivity index (χ3n) is 3.87. The molecule has 1 saturated heterocycles. The highest BCUT2D eigenvalue weighted by Crippen LogP contribution is 2.28. The molecule has 1 aromatic carbocycles. The fourth-order valence-corrected chi connectivity index (χ4v) is 3.95. The molecule has 6 heteroatoms. The van der Waals surface area contributed by atoms with E-state index in [1.54, 1.807) is 0 Å². The van der Waals surface area contributed by atoms with Crippen LogP contribution in [0.2, 0.25) is 0 Å². The SMILES string of the molecule is CC(C)C1CCN(S(=O)(=O)c2ccc(C(=O)O)cc2)C1. The van der Waals surface area contributed by atoms with Gasteiger partial charge >= 0.3 is 5.97 Å². The molecule has 0 saturated carbocycles. The first kappa shape index (κ1) is 15.0. The smallest absolute Gasteiger partial charge is 0.335 e. The van der Waals surface area contributed by atoms with Crippen LogP contribution in [0.3, 0.4) is 0 Å². The quantitative estimate of drug-likeness (QED) is 0.923. The second kappa shape index (κ2) is 5.54. The lowest BCUT2D eigenvalue weighted by atomic mass is 9.96. The van der Waals surface area contributed by atoms with Gasteiger partial charge in [-0.15, -0.1) is 0 Å². The molecule has 0 aliphatic carbocycles. The molecule has 0 bridgehead atoms. The van der Waals surface area contributed by atoms with Gasteiger partial charge in [-0.1, -0.05) is 13.8 Å². The number of aromatic carboxylic acids is 1. The maximum absolute atomic E-state index is 12.5. The molecular formula is C14H19NO4S. The third kappa shape index (κ3) is 2.86. The molecule has 20 heavy (non-hydrogen) atoms. The van der Waals surface area contributed by atoms with E-state index < -0.39 is 16.0 Å². The van der Waals surface area contributed by atoms with Crippen LogP contribution >= 0.6 is 0 Å². The Morgan fingerprint density at radius 2 is 1.90 bits per heavy atom. The van der Waals surface area contributed by atoms with Crippen LogP contribution in [0.1, 0.15) is 30.6 Å². The second-order valence-electron chi connectivity index (χ2n) is 5.49. The summed E-state index contributed by atoms with van der Waals surface area (Å²) in [7, 11) is -3.51. The lowest BCUT2D eigenvalue weighted by Crippen LogP contribution is -2.29. The minimum atomic E-state index is -3.51. The van der Waals surface area contributed by atoms with Crippen molar-refractivity contribution >= 4 is 16.0 Å². The number of hydrogen-bond donors (Lipinski definition) is 1. The van der Waals surface area contributed by atoms with Crippen LogP contribution in [0, 0.1) is 11.8 Å². The molecule has 1 aromatic rings. The van der Waals surface area contributed by atoms with Gasteiger partial charge in [0.05, 0.1) is 10.5 Å². The molecule has 0 amide bonds. The molecule has 0 aromatic heterocycles. The van der Waals surface area contributed by atoms with Crippen LogP contribution in [0.4, 0.5) is 0 Å². The van der Waals surface area contributed by atoms with Crippen LogP contribution in [0.15, 0.2) is 29.2 Å². The molecule has 1 atom stereocenters. The number of carboxylic acid groups (broad SMARTS) is 1. The van der Waals surface area contributed by atoms with Gasteiger partial charge in [-0.3, -0.25) is 0 Å². The first-order valence-corrected chi connectivity index (χ1v) is 8.10. The Kier molecular flexibility index (Phi) is 4.15. The topological polar surface area (TPSA) is 74.7 Å². The Labute approximate surface area is 119 Å². The predicted octanol–water partition coefficient (Wildman–Crippen LogP) is 2.05. The zero-order chi connectivity index (χ0) is 14.9. The fourth-order valence-electron chi connectivity index (χ4n) is 2.43. The molecule has 1 N–H and O–H groups in total. The Hall–Kier alpha value is -1.40. The van der Waals surface area contributed by atoms with Crippen LogP contribution in [0.25, 0.3) is 0 Å².